The fraction of sp³-hybridized carbons (Fsp3) is 0. The van der Waals surface area contributed by atoms with Crippen LogP contribution < -0.4 is 4.74 Å². The van der Waals surface area contributed by atoms with Gasteiger partial charge in [0.25, 0.3) is 5.69 Å². The predicted molar refractivity (Wildman–Crippen MR) is 77.9 cm³/mol. The summed E-state index contributed by atoms with van der Waals surface area (Å²) in [5.41, 5.74) is -0.243. The molecule has 0 atom stereocenters. The summed E-state index contributed by atoms with van der Waals surface area (Å²) in [6, 6.07) is 2.25. The van der Waals surface area contributed by atoms with Crippen molar-refractivity contribution in [2.45, 2.75) is 0 Å². The topological polar surface area (TPSA) is 78.2 Å². The molecule has 0 N–H and O–H groups in total. The molecule has 0 aliphatic carbocycles. The lowest BCUT2D eigenvalue weighted by molar-refractivity contribution is -0.384. The second-order valence-corrected chi connectivity index (χ2v) is 5.40. The van der Waals surface area contributed by atoms with Gasteiger partial charge in [-0.3, -0.25) is 10.1 Å². The smallest absolute Gasteiger partial charge is 0.272 e. The van der Waals surface area contributed by atoms with Crippen LogP contribution >= 0.6 is 50.7 Å². The maximum Gasteiger partial charge on any atom is 0.272 e. The van der Waals surface area contributed by atoms with Crippen LogP contribution in [0.5, 0.6) is 11.6 Å². The molecule has 1 heterocycles. The van der Waals surface area contributed by atoms with Gasteiger partial charge in [0.05, 0.1) is 19.4 Å². The molecule has 0 saturated heterocycles. The van der Waals surface area contributed by atoms with Gasteiger partial charge >= 0.3 is 0 Å². The lowest BCUT2D eigenvalue weighted by atomic mass is 10.3. The van der Waals surface area contributed by atoms with E-state index >= 15 is 0 Å². The lowest BCUT2D eigenvalue weighted by Gasteiger charge is -2.09. The van der Waals surface area contributed by atoms with Crippen molar-refractivity contribution in [3.05, 3.63) is 48.2 Å². The Labute approximate surface area is 135 Å². The van der Waals surface area contributed by atoms with E-state index in [1.807, 2.05) is 0 Å². The highest BCUT2D eigenvalue weighted by Gasteiger charge is 2.18. The number of ether oxygens (including phenoxy) is 1. The first-order chi connectivity index (χ1) is 9.38. The van der Waals surface area contributed by atoms with Crippen LogP contribution in [0.25, 0.3) is 0 Å². The summed E-state index contributed by atoms with van der Waals surface area (Å²) >= 11 is 20.7. The molecule has 10 heteroatoms. The summed E-state index contributed by atoms with van der Waals surface area (Å²) in [5.74, 6) is 0.122. The summed E-state index contributed by atoms with van der Waals surface area (Å²) in [6.45, 7) is 0. The molecular weight excluding hydrogens is 396 g/mol. The zero-order valence-corrected chi connectivity index (χ0v) is 13.2. The van der Waals surface area contributed by atoms with Gasteiger partial charge in [0, 0.05) is 18.3 Å². The largest absolute Gasteiger partial charge is 0.435 e. The average Bonchev–Trinajstić information content (AvgIpc) is 2.37. The molecule has 0 amide bonds. The van der Waals surface area contributed by atoms with Crippen LogP contribution in [0.1, 0.15) is 0 Å². The Bertz CT molecular complexity index is 676. The molecule has 0 spiro atoms. The predicted octanol–water partition coefficient (Wildman–Crippen LogP) is 4.90. The van der Waals surface area contributed by atoms with Crippen LogP contribution in [0.4, 0.5) is 5.69 Å². The monoisotopic (exact) mass is 397 g/mol. The summed E-state index contributed by atoms with van der Waals surface area (Å²) < 4.78 is 5.84. The van der Waals surface area contributed by atoms with Gasteiger partial charge < -0.3 is 4.74 Å². The number of benzene rings is 1. The number of halogens is 4. The van der Waals surface area contributed by atoms with Crippen LogP contribution in [0.3, 0.4) is 0 Å². The molecule has 1 aromatic heterocycles. The normalized spacial score (nSPS) is 10.4. The maximum atomic E-state index is 10.7. The minimum absolute atomic E-state index is 0.0224. The zero-order valence-electron chi connectivity index (χ0n) is 9.31. The molecule has 20 heavy (non-hydrogen) atoms. The molecule has 2 rings (SSSR count). The fourth-order valence-electron chi connectivity index (χ4n) is 1.25. The van der Waals surface area contributed by atoms with E-state index < -0.39 is 4.92 Å². The highest BCUT2D eigenvalue weighted by atomic mass is 79.9. The van der Waals surface area contributed by atoms with Gasteiger partial charge in [-0.1, -0.05) is 23.2 Å². The average molecular weight is 399 g/mol. The van der Waals surface area contributed by atoms with E-state index in [0.29, 0.717) is 4.47 Å². The van der Waals surface area contributed by atoms with E-state index in [0.717, 1.165) is 12.1 Å². The summed E-state index contributed by atoms with van der Waals surface area (Å²) in [6.07, 6.45) is 1.39. The molecule has 0 radical (unpaired) electrons. The third-order valence-corrected chi connectivity index (χ3v) is 3.36. The SMILES string of the molecule is O=[N+]([O-])c1cc(Cl)c(Oc2nc(Cl)ncc2Br)c(Cl)c1. The van der Waals surface area contributed by atoms with E-state index in [1.54, 1.807) is 0 Å². The first kappa shape index (κ1) is 15.2. The minimum Gasteiger partial charge on any atom is -0.435 e. The summed E-state index contributed by atoms with van der Waals surface area (Å²) in [7, 11) is 0. The lowest BCUT2D eigenvalue weighted by Crippen LogP contribution is -1.95. The standard InChI is InChI=1S/C10H3BrCl3N3O3/c11-5-3-15-10(14)16-9(5)20-8-6(12)1-4(17(18)19)2-7(8)13/h1-3H. The Balaban J connectivity index is 2.44. The van der Waals surface area contributed by atoms with E-state index in [4.69, 9.17) is 39.5 Å². The van der Waals surface area contributed by atoms with Crippen molar-refractivity contribution < 1.29 is 9.66 Å². The molecule has 0 fully saturated rings. The number of non-ortho nitro benzene ring substituents is 1. The molecule has 104 valence electrons. The van der Waals surface area contributed by atoms with Gasteiger partial charge in [-0.2, -0.15) is 4.98 Å². The molecule has 0 saturated carbocycles. The van der Waals surface area contributed by atoms with E-state index in [-0.39, 0.29) is 32.6 Å². The highest BCUT2D eigenvalue weighted by Crippen LogP contribution is 2.40. The van der Waals surface area contributed by atoms with Crippen molar-refractivity contribution in [3.8, 4) is 11.6 Å². The molecule has 1 aromatic carbocycles. The Morgan fingerprint density at radius 1 is 1.25 bits per heavy atom. The van der Waals surface area contributed by atoms with Crippen molar-refractivity contribution in [2.24, 2.45) is 0 Å². The first-order valence-electron chi connectivity index (χ1n) is 4.88. The Morgan fingerprint density at radius 2 is 1.85 bits per heavy atom. The van der Waals surface area contributed by atoms with Crippen molar-refractivity contribution >= 4 is 56.4 Å². The van der Waals surface area contributed by atoms with Gasteiger partial charge in [0.2, 0.25) is 11.2 Å². The minimum atomic E-state index is -0.612. The quantitative estimate of drug-likeness (QED) is 0.417. The van der Waals surface area contributed by atoms with Crippen molar-refractivity contribution in [2.75, 3.05) is 0 Å². The molecule has 0 unspecified atom stereocenters. The van der Waals surface area contributed by atoms with Crippen LogP contribution in [0.15, 0.2) is 22.8 Å². The molecule has 0 aliphatic heterocycles. The van der Waals surface area contributed by atoms with Crippen molar-refractivity contribution in [1.82, 2.24) is 9.97 Å². The van der Waals surface area contributed by atoms with Gasteiger partial charge in [0.15, 0.2) is 5.75 Å². The van der Waals surface area contributed by atoms with E-state index in [2.05, 4.69) is 25.9 Å². The second-order valence-electron chi connectivity index (χ2n) is 3.39. The van der Waals surface area contributed by atoms with E-state index in [9.17, 15) is 10.1 Å². The fourth-order valence-corrected chi connectivity index (χ4v) is 2.20. The maximum absolute atomic E-state index is 10.7. The third-order valence-electron chi connectivity index (χ3n) is 2.08. The Kier molecular flexibility index (Phi) is 4.64. The summed E-state index contributed by atoms with van der Waals surface area (Å²) in [5, 5.41) is 10.6. The number of hydrogen-bond acceptors (Lipinski definition) is 5. The van der Waals surface area contributed by atoms with Crippen LogP contribution in [-0.4, -0.2) is 14.9 Å². The summed E-state index contributed by atoms with van der Waals surface area (Å²) in [4.78, 5) is 17.6. The Hall–Kier alpha value is -1.15. The molecular formula is C10H3BrCl3N3O3. The van der Waals surface area contributed by atoms with Crippen molar-refractivity contribution in [3.63, 3.8) is 0 Å². The third kappa shape index (κ3) is 3.29. The number of nitrogens with zero attached hydrogens (tertiary/aromatic N) is 3. The van der Waals surface area contributed by atoms with Gasteiger partial charge in [-0.15, -0.1) is 0 Å². The number of nitro benzene ring substituents is 1. The molecule has 6 nitrogen and oxygen atoms in total. The van der Waals surface area contributed by atoms with Gasteiger partial charge in [-0.25, -0.2) is 4.98 Å². The molecule has 2 aromatic rings. The van der Waals surface area contributed by atoms with Gasteiger partial charge in [0.1, 0.15) is 0 Å². The van der Waals surface area contributed by atoms with Crippen LogP contribution in [0, 0.1) is 10.1 Å². The number of hydrogen-bond donors (Lipinski definition) is 0. The van der Waals surface area contributed by atoms with Crippen LogP contribution in [0.2, 0.25) is 15.3 Å². The second kappa shape index (κ2) is 6.09. The highest BCUT2D eigenvalue weighted by molar-refractivity contribution is 9.10. The number of nitro groups is 1. The van der Waals surface area contributed by atoms with Crippen LogP contribution in [-0.2, 0) is 0 Å². The van der Waals surface area contributed by atoms with Gasteiger partial charge in [-0.05, 0) is 27.5 Å². The zero-order chi connectivity index (χ0) is 14.9. The first-order valence-corrected chi connectivity index (χ1v) is 6.80. The Morgan fingerprint density at radius 3 is 2.40 bits per heavy atom. The number of aromatic nitrogens is 2. The number of rotatable bonds is 3. The van der Waals surface area contributed by atoms with Crippen molar-refractivity contribution in [1.29, 1.82) is 0 Å². The molecule has 0 aliphatic rings. The molecule has 0 bridgehead atoms. The van der Waals surface area contributed by atoms with E-state index in [1.165, 1.54) is 6.20 Å².